The van der Waals surface area contributed by atoms with Gasteiger partial charge in [-0.1, -0.05) is 6.92 Å². The van der Waals surface area contributed by atoms with Crippen LogP contribution in [-0.2, 0) is 0 Å². The third-order valence-electron chi connectivity index (χ3n) is 2.31. The van der Waals surface area contributed by atoms with Gasteiger partial charge >= 0.3 is 0 Å². The van der Waals surface area contributed by atoms with Gasteiger partial charge in [0.1, 0.15) is 0 Å². The van der Waals surface area contributed by atoms with Crippen molar-refractivity contribution in [2.24, 2.45) is 5.92 Å². The summed E-state index contributed by atoms with van der Waals surface area (Å²) in [6, 6.07) is 0.739. The van der Waals surface area contributed by atoms with E-state index in [-0.39, 0.29) is 0 Å². The maximum Gasteiger partial charge on any atom is 0.0212 e. The molecule has 1 fully saturated rings. The minimum Gasteiger partial charge on any atom is -0.313 e. The molecule has 0 aromatic rings. The highest BCUT2D eigenvalue weighted by molar-refractivity contribution is 4.88. The van der Waals surface area contributed by atoms with Gasteiger partial charge in [-0.2, -0.15) is 0 Å². The molecule has 1 saturated carbocycles. The van der Waals surface area contributed by atoms with E-state index in [1.54, 1.807) is 0 Å². The molecule has 1 N–H and O–H groups in total. The van der Waals surface area contributed by atoms with Crippen LogP contribution in [0.4, 0.5) is 0 Å². The van der Waals surface area contributed by atoms with Crippen LogP contribution >= 0.6 is 0 Å². The van der Waals surface area contributed by atoms with Crippen molar-refractivity contribution in [3.63, 3.8) is 0 Å². The monoisotopic (exact) mass is 151 g/mol. The van der Waals surface area contributed by atoms with Crippen molar-refractivity contribution in [3.8, 4) is 12.3 Å². The van der Waals surface area contributed by atoms with Crippen molar-refractivity contribution in [1.29, 1.82) is 0 Å². The average molecular weight is 151 g/mol. The SMILES string of the molecule is C#CCCNC(CC)C1CC1. The Kier molecular flexibility index (Phi) is 3.45. The summed E-state index contributed by atoms with van der Waals surface area (Å²) >= 11 is 0. The second-order valence-electron chi connectivity index (χ2n) is 3.26. The summed E-state index contributed by atoms with van der Waals surface area (Å²) in [6.07, 6.45) is 10.1. The highest BCUT2D eigenvalue weighted by Crippen LogP contribution is 2.33. The largest absolute Gasteiger partial charge is 0.313 e. The first-order chi connectivity index (χ1) is 5.38. The molecule has 1 heteroatoms. The van der Waals surface area contributed by atoms with Crippen LogP contribution in [-0.4, -0.2) is 12.6 Å². The minimum atomic E-state index is 0.739. The zero-order chi connectivity index (χ0) is 8.10. The number of hydrogen-bond donors (Lipinski definition) is 1. The second-order valence-corrected chi connectivity index (χ2v) is 3.26. The lowest BCUT2D eigenvalue weighted by molar-refractivity contribution is 0.456. The van der Waals surface area contributed by atoms with Crippen LogP contribution in [0, 0.1) is 18.3 Å². The Morgan fingerprint density at radius 2 is 2.36 bits per heavy atom. The van der Waals surface area contributed by atoms with E-state index in [2.05, 4.69) is 18.2 Å². The van der Waals surface area contributed by atoms with Gasteiger partial charge in [0, 0.05) is 19.0 Å². The molecule has 0 amide bonds. The first-order valence-corrected chi connectivity index (χ1v) is 4.55. The van der Waals surface area contributed by atoms with Crippen LogP contribution in [0.15, 0.2) is 0 Å². The summed E-state index contributed by atoms with van der Waals surface area (Å²) in [4.78, 5) is 0. The first-order valence-electron chi connectivity index (χ1n) is 4.55. The number of terminal acetylenes is 1. The Labute approximate surface area is 69.6 Å². The van der Waals surface area contributed by atoms with Crippen LogP contribution in [0.1, 0.15) is 32.6 Å². The predicted octanol–water partition coefficient (Wildman–Crippen LogP) is 1.79. The standard InChI is InChI=1S/C10H17N/c1-3-5-8-11-10(4-2)9-6-7-9/h1,9-11H,4-8H2,2H3. The Morgan fingerprint density at radius 3 is 2.82 bits per heavy atom. The molecule has 0 radical (unpaired) electrons. The Balaban J connectivity index is 2.06. The molecule has 0 heterocycles. The lowest BCUT2D eigenvalue weighted by atomic mass is 10.1. The maximum atomic E-state index is 5.16. The molecule has 0 saturated heterocycles. The summed E-state index contributed by atoms with van der Waals surface area (Å²) in [5.41, 5.74) is 0. The highest BCUT2D eigenvalue weighted by Gasteiger charge is 2.28. The minimum absolute atomic E-state index is 0.739. The molecule has 1 nitrogen and oxygen atoms in total. The van der Waals surface area contributed by atoms with E-state index in [0.717, 1.165) is 24.9 Å². The summed E-state index contributed by atoms with van der Waals surface area (Å²) in [6.45, 7) is 3.23. The summed E-state index contributed by atoms with van der Waals surface area (Å²) in [5.74, 6) is 3.60. The average Bonchev–Trinajstić information content (AvgIpc) is 2.81. The van der Waals surface area contributed by atoms with Gasteiger partial charge in [0.25, 0.3) is 0 Å². The van der Waals surface area contributed by atoms with Gasteiger partial charge in [-0.05, 0) is 25.2 Å². The van der Waals surface area contributed by atoms with Crippen LogP contribution < -0.4 is 5.32 Å². The van der Waals surface area contributed by atoms with Crippen molar-refractivity contribution in [1.82, 2.24) is 5.32 Å². The molecule has 62 valence electrons. The number of hydrogen-bond acceptors (Lipinski definition) is 1. The van der Waals surface area contributed by atoms with E-state index in [4.69, 9.17) is 6.42 Å². The van der Waals surface area contributed by atoms with Crippen LogP contribution in [0.25, 0.3) is 0 Å². The zero-order valence-corrected chi connectivity index (χ0v) is 7.27. The normalized spacial score (nSPS) is 19.3. The molecule has 0 aliphatic heterocycles. The molecular weight excluding hydrogens is 134 g/mol. The smallest absolute Gasteiger partial charge is 0.0212 e. The predicted molar refractivity (Wildman–Crippen MR) is 48.3 cm³/mol. The molecule has 0 aromatic heterocycles. The molecule has 1 rings (SSSR count). The van der Waals surface area contributed by atoms with Gasteiger partial charge in [-0.25, -0.2) is 0 Å². The topological polar surface area (TPSA) is 12.0 Å². The molecule has 1 aliphatic rings. The lowest BCUT2D eigenvalue weighted by Gasteiger charge is -2.14. The number of rotatable bonds is 5. The molecule has 11 heavy (non-hydrogen) atoms. The van der Waals surface area contributed by atoms with Crippen molar-refractivity contribution < 1.29 is 0 Å². The Morgan fingerprint density at radius 1 is 1.64 bits per heavy atom. The fourth-order valence-corrected chi connectivity index (χ4v) is 1.47. The van der Waals surface area contributed by atoms with E-state index in [1.807, 2.05) is 0 Å². The molecule has 1 unspecified atom stereocenters. The third-order valence-corrected chi connectivity index (χ3v) is 2.31. The van der Waals surface area contributed by atoms with E-state index >= 15 is 0 Å². The fourth-order valence-electron chi connectivity index (χ4n) is 1.47. The van der Waals surface area contributed by atoms with Crippen LogP contribution in [0.5, 0.6) is 0 Å². The van der Waals surface area contributed by atoms with Crippen LogP contribution in [0.3, 0.4) is 0 Å². The second kappa shape index (κ2) is 4.41. The molecular formula is C10H17N. The van der Waals surface area contributed by atoms with E-state index in [0.29, 0.717) is 0 Å². The summed E-state index contributed by atoms with van der Waals surface area (Å²) in [7, 11) is 0. The first kappa shape index (κ1) is 8.62. The Bertz CT molecular complexity index is 141. The van der Waals surface area contributed by atoms with E-state index in [1.165, 1.54) is 19.3 Å². The van der Waals surface area contributed by atoms with Crippen molar-refractivity contribution >= 4 is 0 Å². The summed E-state index contributed by atoms with van der Waals surface area (Å²) in [5, 5.41) is 3.49. The molecule has 0 aromatic carbocycles. The van der Waals surface area contributed by atoms with E-state index in [9.17, 15) is 0 Å². The van der Waals surface area contributed by atoms with E-state index < -0.39 is 0 Å². The van der Waals surface area contributed by atoms with Crippen molar-refractivity contribution in [3.05, 3.63) is 0 Å². The molecule has 1 atom stereocenters. The van der Waals surface area contributed by atoms with Gasteiger partial charge in [0.05, 0.1) is 0 Å². The van der Waals surface area contributed by atoms with Gasteiger partial charge in [0.15, 0.2) is 0 Å². The highest BCUT2D eigenvalue weighted by atomic mass is 14.9. The van der Waals surface area contributed by atoms with Crippen molar-refractivity contribution in [2.75, 3.05) is 6.54 Å². The number of nitrogens with one attached hydrogen (secondary N) is 1. The van der Waals surface area contributed by atoms with Crippen molar-refractivity contribution in [2.45, 2.75) is 38.6 Å². The third kappa shape index (κ3) is 2.95. The Hall–Kier alpha value is -0.480. The lowest BCUT2D eigenvalue weighted by Crippen LogP contribution is -2.30. The summed E-state index contributed by atoms with van der Waals surface area (Å²) < 4.78 is 0. The van der Waals surface area contributed by atoms with Gasteiger partial charge < -0.3 is 5.32 Å². The zero-order valence-electron chi connectivity index (χ0n) is 7.27. The van der Waals surface area contributed by atoms with Gasteiger partial charge in [-0.3, -0.25) is 0 Å². The molecule has 1 aliphatic carbocycles. The van der Waals surface area contributed by atoms with Crippen LogP contribution in [0.2, 0.25) is 0 Å². The van der Waals surface area contributed by atoms with Gasteiger partial charge in [-0.15, -0.1) is 12.3 Å². The quantitative estimate of drug-likeness (QED) is 0.466. The molecule has 0 bridgehead atoms. The van der Waals surface area contributed by atoms with Gasteiger partial charge in [0.2, 0.25) is 0 Å². The maximum absolute atomic E-state index is 5.16. The molecule has 0 spiro atoms. The fraction of sp³-hybridized carbons (Fsp3) is 0.800.